The van der Waals surface area contributed by atoms with Gasteiger partial charge in [-0.1, -0.05) is 6.07 Å². The minimum atomic E-state index is 0.550. The maximum Gasteiger partial charge on any atom is 0.191 e. The van der Waals surface area contributed by atoms with Gasteiger partial charge in [-0.05, 0) is 44.6 Å². The molecule has 0 spiro atoms. The Balaban J connectivity index is 1.89. The molecule has 2 rings (SSSR count). The molecule has 1 aromatic heterocycles. The Hall–Kier alpha value is -1.23. The Morgan fingerprint density at radius 1 is 1.45 bits per heavy atom. The number of rotatable bonds is 5. The molecule has 1 fully saturated rings. The van der Waals surface area contributed by atoms with Gasteiger partial charge < -0.3 is 10.6 Å². The summed E-state index contributed by atoms with van der Waals surface area (Å²) in [5, 5.41) is 7.66. The molecule has 5 heteroatoms. The van der Waals surface area contributed by atoms with Crippen LogP contribution >= 0.6 is 11.8 Å². The van der Waals surface area contributed by atoms with Crippen LogP contribution in [0.15, 0.2) is 29.4 Å². The van der Waals surface area contributed by atoms with E-state index in [1.54, 1.807) is 0 Å². The van der Waals surface area contributed by atoms with Gasteiger partial charge in [-0.25, -0.2) is 4.99 Å². The van der Waals surface area contributed by atoms with E-state index in [-0.39, 0.29) is 0 Å². The molecule has 0 amide bonds. The number of nitrogens with zero attached hydrogens (tertiary/aromatic N) is 2. The lowest BCUT2D eigenvalue weighted by Crippen LogP contribution is -2.42. The fourth-order valence-corrected chi connectivity index (χ4v) is 3.25. The van der Waals surface area contributed by atoms with Gasteiger partial charge in [-0.3, -0.25) is 4.98 Å². The molecule has 110 valence electrons. The van der Waals surface area contributed by atoms with E-state index < -0.39 is 0 Å². The van der Waals surface area contributed by atoms with Crippen LogP contribution in [0.1, 0.15) is 31.9 Å². The third-order valence-electron chi connectivity index (χ3n) is 3.53. The van der Waals surface area contributed by atoms with Crippen molar-refractivity contribution < 1.29 is 0 Å². The summed E-state index contributed by atoms with van der Waals surface area (Å²) in [6.07, 6.45) is 7.78. The fourth-order valence-electron chi connectivity index (χ4n) is 2.45. The highest BCUT2D eigenvalue weighted by atomic mass is 32.2. The zero-order valence-corrected chi connectivity index (χ0v) is 13.1. The molecule has 0 aromatic carbocycles. The van der Waals surface area contributed by atoms with Gasteiger partial charge >= 0.3 is 0 Å². The molecular formula is C15H24N4S. The molecule has 1 saturated carbocycles. The second kappa shape index (κ2) is 8.15. The van der Waals surface area contributed by atoms with E-state index in [0.29, 0.717) is 12.6 Å². The second-order valence-electron chi connectivity index (χ2n) is 5.03. The molecule has 0 saturated heterocycles. The first-order chi connectivity index (χ1) is 9.81. The van der Waals surface area contributed by atoms with Crippen LogP contribution in [0.4, 0.5) is 0 Å². The summed E-state index contributed by atoms with van der Waals surface area (Å²) in [7, 11) is 0. The zero-order valence-electron chi connectivity index (χ0n) is 12.3. The van der Waals surface area contributed by atoms with Crippen LogP contribution < -0.4 is 10.6 Å². The summed E-state index contributed by atoms with van der Waals surface area (Å²) in [5.41, 5.74) is 0.998. The molecule has 1 aromatic rings. The number of thioether (sulfide) groups is 1. The van der Waals surface area contributed by atoms with E-state index in [1.807, 2.05) is 36.2 Å². The number of hydrogen-bond acceptors (Lipinski definition) is 3. The van der Waals surface area contributed by atoms with Crippen LogP contribution in [0.25, 0.3) is 0 Å². The predicted molar refractivity (Wildman–Crippen MR) is 87.1 cm³/mol. The predicted octanol–water partition coefficient (Wildman–Crippen LogP) is 2.42. The molecule has 1 aliphatic rings. The van der Waals surface area contributed by atoms with Crippen molar-refractivity contribution in [3.05, 3.63) is 30.1 Å². The monoisotopic (exact) mass is 292 g/mol. The van der Waals surface area contributed by atoms with Crippen molar-refractivity contribution in [3.8, 4) is 0 Å². The molecule has 4 nitrogen and oxygen atoms in total. The average Bonchev–Trinajstić information content (AvgIpc) is 2.94. The van der Waals surface area contributed by atoms with Crippen LogP contribution in [0.5, 0.6) is 0 Å². The summed E-state index contributed by atoms with van der Waals surface area (Å²) >= 11 is 1.98. The van der Waals surface area contributed by atoms with Crippen molar-refractivity contribution in [2.24, 2.45) is 4.99 Å². The van der Waals surface area contributed by atoms with Crippen LogP contribution in [0, 0.1) is 0 Å². The Bertz CT molecular complexity index is 421. The largest absolute Gasteiger partial charge is 0.357 e. The topological polar surface area (TPSA) is 49.3 Å². The quantitative estimate of drug-likeness (QED) is 0.646. The standard InChI is InChI=1S/C15H24N4S/c1-3-16-15(18-11-13-6-4-5-9-17-13)19-12-7-8-14(10-12)20-2/h4-6,9,12,14H,3,7-8,10-11H2,1-2H3,(H2,16,18,19). The average molecular weight is 292 g/mol. The van der Waals surface area contributed by atoms with Crippen molar-refractivity contribution in [3.63, 3.8) is 0 Å². The number of nitrogens with one attached hydrogen (secondary N) is 2. The lowest BCUT2D eigenvalue weighted by atomic mass is 10.2. The number of aromatic nitrogens is 1. The third kappa shape index (κ3) is 4.71. The Kier molecular flexibility index (Phi) is 6.18. The molecule has 1 aliphatic carbocycles. The maximum atomic E-state index is 4.62. The van der Waals surface area contributed by atoms with E-state index >= 15 is 0 Å². The molecule has 0 radical (unpaired) electrons. The lowest BCUT2D eigenvalue weighted by molar-refractivity contribution is 0.614. The Morgan fingerprint density at radius 2 is 2.35 bits per heavy atom. The Morgan fingerprint density at radius 3 is 3.00 bits per heavy atom. The van der Waals surface area contributed by atoms with E-state index in [2.05, 4.69) is 33.8 Å². The van der Waals surface area contributed by atoms with Crippen molar-refractivity contribution in [1.29, 1.82) is 0 Å². The van der Waals surface area contributed by atoms with Gasteiger partial charge in [0.1, 0.15) is 0 Å². The minimum absolute atomic E-state index is 0.550. The van der Waals surface area contributed by atoms with Crippen LogP contribution in [-0.2, 0) is 6.54 Å². The molecule has 2 N–H and O–H groups in total. The minimum Gasteiger partial charge on any atom is -0.357 e. The SMILES string of the molecule is CCNC(=NCc1ccccn1)NC1CCC(SC)C1. The number of aliphatic imine (C=N–C) groups is 1. The highest BCUT2D eigenvalue weighted by molar-refractivity contribution is 7.99. The third-order valence-corrected chi connectivity index (χ3v) is 4.62. The number of pyridine rings is 1. The van der Waals surface area contributed by atoms with Gasteiger partial charge in [-0.15, -0.1) is 0 Å². The van der Waals surface area contributed by atoms with Crippen LogP contribution in [-0.4, -0.2) is 35.0 Å². The van der Waals surface area contributed by atoms with Gasteiger partial charge in [0.15, 0.2) is 5.96 Å². The van der Waals surface area contributed by atoms with E-state index in [0.717, 1.165) is 23.4 Å². The first-order valence-electron chi connectivity index (χ1n) is 7.29. The van der Waals surface area contributed by atoms with Gasteiger partial charge in [0.25, 0.3) is 0 Å². The van der Waals surface area contributed by atoms with Crippen molar-refractivity contribution in [2.45, 2.75) is 44.0 Å². The fraction of sp³-hybridized carbons (Fsp3) is 0.600. The summed E-state index contributed by atoms with van der Waals surface area (Å²) in [4.78, 5) is 8.93. The molecule has 20 heavy (non-hydrogen) atoms. The smallest absolute Gasteiger partial charge is 0.191 e. The summed E-state index contributed by atoms with van der Waals surface area (Å²) in [6, 6.07) is 6.48. The van der Waals surface area contributed by atoms with E-state index in [1.165, 1.54) is 19.3 Å². The second-order valence-corrected chi connectivity index (χ2v) is 6.17. The molecular weight excluding hydrogens is 268 g/mol. The molecule has 0 aliphatic heterocycles. The Labute approximate surface area is 125 Å². The van der Waals surface area contributed by atoms with Crippen LogP contribution in [0.3, 0.4) is 0 Å². The molecule has 2 atom stereocenters. The number of guanidine groups is 1. The molecule has 0 bridgehead atoms. The summed E-state index contributed by atoms with van der Waals surface area (Å²) in [5.74, 6) is 0.907. The van der Waals surface area contributed by atoms with Gasteiger partial charge in [0.05, 0.1) is 12.2 Å². The van der Waals surface area contributed by atoms with Gasteiger partial charge in [0, 0.05) is 24.0 Å². The van der Waals surface area contributed by atoms with Crippen molar-refractivity contribution >= 4 is 17.7 Å². The van der Waals surface area contributed by atoms with Gasteiger partial charge in [0.2, 0.25) is 0 Å². The zero-order chi connectivity index (χ0) is 14.2. The normalized spacial score (nSPS) is 22.8. The first-order valence-corrected chi connectivity index (χ1v) is 8.58. The first kappa shape index (κ1) is 15.2. The summed E-state index contributed by atoms with van der Waals surface area (Å²) < 4.78 is 0. The highest BCUT2D eigenvalue weighted by Gasteiger charge is 2.24. The van der Waals surface area contributed by atoms with E-state index in [4.69, 9.17) is 0 Å². The summed E-state index contributed by atoms with van der Waals surface area (Å²) in [6.45, 7) is 3.60. The molecule has 1 heterocycles. The van der Waals surface area contributed by atoms with Gasteiger partial charge in [-0.2, -0.15) is 11.8 Å². The lowest BCUT2D eigenvalue weighted by Gasteiger charge is -2.17. The highest BCUT2D eigenvalue weighted by Crippen LogP contribution is 2.27. The van der Waals surface area contributed by atoms with E-state index in [9.17, 15) is 0 Å². The number of hydrogen-bond donors (Lipinski definition) is 2. The van der Waals surface area contributed by atoms with Crippen molar-refractivity contribution in [2.75, 3.05) is 12.8 Å². The van der Waals surface area contributed by atoms with Crippen LogP contribution in [0.2, 0.25) is 0 Å². The maximum absolute atomic E-state index is 4.62. The van der Waals surface area contributed by atoms with Crippen molar-refractivity contribution in [1.82, 2.24) is 15.6 Å². The molecule has 2 unspecified atom stereocenters.